The third-order valence-electron chi connectivity index (χ3n) is 6.92. The lowest BCUT2D eigenvalue weighted by atomic mass is 9.99. The number of hydrogen-bond acceptors (Lipinski definition) is 4. The summed E-state index contributed by atoms with van der Waals surface area (Å²) in [4.78, 5) is 20.2. The number of carbonyl (C=O) groups excluding carboxylic acids is 1. The van der Waals surface area contributed by atoms with Gasteiger partial charge in [0.05, 0.1) is 27.5 Å². The minimum Gasteiger partial charge on any atom is -0.365 e. The first-order valence-electron chi connectivity index (χ1n) is 12.2. The van der Waals surface area contributed by atoms with Crippen molar-refractivity contribution in [3.05, 3.63) is 82.3 Å². The van der Waals surface area contributed by atoms with Crippen LogP contribution in [0, 0.1) is 0 Å². The molecule has 1 heterocycles. The standard InChI is InChI=1S/C28H32Cl2N4O2S/c1-32(23-11-14-25(29)26(30)17-23)19-28(35)33(2)27(18-34-15-3-4-16-34)22-7-5-20(6-8-22)21-9-12-24(13-10-21)37(31)36/h5-14,17,27H,3-4,15-16,18-19,31H2,1-2H3. The normalized spacial score (nSPS) is 15.4. The van der Waals surface area contributed by atoms with E-state index in [0.29, 0.717) is 14.9 Å². The van der Waals surface area contributed by atoms with Crippen molar-refractivity contribution in [2.45, 2.75) is 23.8 Å². The molecule has 6 nitrogen and oxygen atoms in total. The van der Waals surface area contributed by atoms with E-state index in [-0.39, 0.29) is 18.5 Å². The van der Waals surface area contributed by atoms with Crippen LogP contribution < -0.4 is 10.0 Å². The van der Waals surface area contributed by atoms with E-state index in [9.17, 15) is 9.00 Å². The number of halogens is 2. The largest absolute Gasteiger partial charge is 0.365 e. The van der Waals surface area contributed by atoms with E-state index in [0.717, 1.165) is 42.0 Å². The molecule has 0 radical (unpaired) electrons. The Bertz CT molecular complexity index is 1250. The van der Waals surface area contributed by atoms with E-state index in [4.69, 9.17) is 28.3 Å². The molecule has 37 heavy (non-hydrogen) atoms. The molecule has 1 amide bonds. The topological polar surface area (TPSA) is 69.9 Å². The van der Waals surface area contributed by atoms with Gasteiger partial charge in [-0.2, -0.15) is 0 Å². The monoisotopic (exact) mass is 558 g/mol. The predicted molar refractivity (Wildman–Crippen MR) is 153 cm³/mol. The highest BCUT2D eigenvalue weighted by atomic mass is 35.5. The van der Waals surface area contributed by atoms with Crippen LogP contribution in [-0.2, 0) is 15.8 Å². The fourth-order valence-corrected chi connectivity index (χ4v) is 5.34. The molecule has 0 saturated carbocycles. The van der Waals surface area contributed by atoms with Gasteiger partial charge in [0.1, 0.15) is 11.0 Å². The molecule has 1 aliphatic heterocycles. The van der Waals surface area contributed by atoms with Gasteiger partial charge < -0.3 is 14.7 Å². The molecule has 196 valence electrons. The molecule has 3 aromatic carbocycles. The van der Waals surface area contributed by atoms with E-state index in [1.54, 1.807) is 24.3 Å². The Hall–Kier alpha value is -2.42. The number of rotatable bonds is 9. The zero-order chi connectivity index (χ0) is 26.5. The molecule has 4 rings (SSSR count). The minimum absolute atomic E-state index is 0.0206. The molecule has 0 bridgehead atoms. The Labute approximate surface area is 231 Å². The van der Waals surface area contributed by atoms with Gasteiger partial charge in [0.25, 0.3) is 0 Å². The Kier molecular flexibility index (Phi) is 9.27. The molecule has 1 aliphatic rings. The molecular formula is C28H32Cl2N4O2S. The van der Waals surface area contributed by atoms with E-state index in [1.165, 1.54) is 12.8 Å². The smallest absolute Gasteiger partial charge is 0.242 e. The number of carbonyl (C=O) groups is 1. The Morgan fingerprint density at radius 3 is 2.11 bits per heavy atom. The summed E-state index contributed by atoms with van der Waals surface area (Å²) < 4.78 is 11.5. The van der Waals surface area contributed by atoms with Gasteiger partial charge >= 0.3 is 0 Å². The van der Waals surface area contributed by atoms with Crippen LogP contribution in [0.1, 0.15) is 24.4 Å². The lowest BCUT2D eigenvalue weighted by molar-refractivity contribution is -0.131. The number of anilines is 1. The number of amides is 1. The number of benzene rings is 3. The van der Waals surface area contributed by atoms with Crippen molar-refractivity contribution in [2.75, 3.05) is 45.2 Å². The molecule has 0 spiro atoms. The number of likely N-dealkylation sites (tertiary alicyclic amines) is 1. The van der Waals surface area contributed by atoms with E-state index < -0.39 is 11.0 Å². The molecule has 3 aromatic rings. The van der Waals surface area contributed by atoms with Crippen molar-refractivity contribution in [3.8, 4) is 11.1 Å². The zero-order valence-corrected chi connectivity index (χ0v) is 23.4. The summed E-state index contributed by atoms with van der Waals surface area (Å²) in [6, 6.07) is 21.0. The fraction of sp³-hybridized carbons (Fsp3) is 0.321. The summed E-state index contributed by atoms with van der Waals surface area (Å²) in [6.45, 7) is 3.11. The summed E-state index contributed by atoms with van der Waals surface area (Å²) >= 11 is 12.2. The quantitative estimate of drug-likeness (QED) is 0.383. The third kappa shape index (κ3) is 6.92. The minimum atomic E-state index is -1.49. The molecule has 1 fully saturated rings. The van der Waals surface area contributed by atoms with Crippen LogP contribution in [0.5, 0.6) is 0 Å². The number of likely N-dealkylation sites (N-methyl/N-ethyl adjacent to an activating group) is 2. The molecule has 2 unspecified atom stereocenters. The molecule has 2 N–H and O–H groups in total. The second-order valence-corrected chi connectivity index (χ2v) is 11.3. The fourth-order valence-electron chi connectivity index (χ4n) is 4.64. The average Bonchev–Trinajstić information content (AvgIpc) is 3.42. The third-order valence-corrected chi connectivity index (χ3v) is 8.40. The highest BCUT2D eigenvalue weighted by molar-refractivity contribution is 7.82. The van der Waals surface area contributed by atoms with Crippen molar-refractivity contribution >= 4 is 45.8 Å². The van der Waals surface area contributed by atoms with Crippen LogP contribution in [-0.4, -0.2) is 60.2 Å². The number of nitrogens with two attached hydrogens (primary N) is 1. The molecule has 0 aliphatic carbocycles. The average molecular weight is 560 g/mol. The highest BCUT2D eigenvalue weighted by Gasteiger charge is 2.26. The molecule has 2 atom stereocenters. The van der Waals surface area contributed by atoms with Crippen LogP contribution >= 0.6 is 23.2 Å². The summed E-state index contributed by atoms with van der Waals surface area (Å²) in [6.07, 6.45) is 2.37. The molecule has 0 aromatic heterocycles. The van der Waals surface area contributed by atoms with Crippen molar-refractivity contribution in [1.29, 1.82) is 0 Å². The Balaban J connectivity index is 1.52. The van der Waals surface area contributed by atoms with Gasteiger partial charge in [-0.1, -0.05) is 59.6 Å². The number of hydrogen-bond donors (Lipinski definition) is 1. The molecular weight excluding hydrogens is 527 g/mol. The number of nitrogens with zero attached hydrogens (tertiary/aromatic N) is 3. The predicted octanol–water partition coefficient (Wildman–Crippen LogP) is 5.37. The first-order chi connectivity index (χ1) is 17.7. The Morgan fingerprint density at radius 2 is 1.54 bits per heavy atom. The summed E-state index contributed by atoms with van der Waals surface area (Å²) in [7, 11) is 2.26. The lowest BCUT2D eigenvalue weighted by Crippen LogP contribution is -2.42. The van der Waals surface area contributed by atoms with E-state index in [1.807, 2.05) is 42.1 Å². The maximum Gasteiger partial charge on any atom is 0.242 e. The maximum absolute atomic E-state index is 13.4. The van der Waals surface area contributed by atoms with Crippen LogP contribution in [0.15, 0.2) is 71.6 Å². The maximum atomic E-state index is 13.4. The van der Waals surface area contributed by atoms with Gasteiger partial charge in [-0.05, 0) is 73.0 Å². The molecule has 9 heteroatoms. The van der Waals surface area contributed by atoms with Crippen LogP contribution in [0.25, 0.3) is 11.1 Å². The van der Waals surface area contributed by atoms with Crippen molar-refractivity contribution < 1.29 is 9.00 Å². The SMILES string of the molecule is CN(CC(=O)N(C)C(CN1CCCC1)c1ccc(-c2ccc(S(N)=O)cc2)cc1)c1ccc(Cl)c(Cl)c1. The highest BCUT2D eigenvalue weighted by Crippen LogP contribution is 2.29. The summed E-state index contributed by atoms with van der Waals surface area (Å²) in [5.41, 5.74) is 3.99. The first kappa shape index (κ1) is 27.6. The van der Waals surface area contributed by atoms with Gasteiger partial charge in [0, 0.05) is 26.3 Å². The van der Waals surface area contributed by atoms with E-state index >= 15 is 0 Å². The van der Waals surface area contributed by atoms with Crippen LogP contribution in [0.3, 0.4) is 0 Å². The first-order valence-corrected chi connectivity index (χ1v) is 14.2. The molecule has 1 saturated heterocycles. The van der Waals surface area contributed by atoms with Crippen LogP contribution in [0.4, 0.5) is 5.69 Å². The summed E-state index contributed by atoms with van der Waals surface area (Å²) in [5.74, 6) is 0.0206. The van der Waals surface area contributed by atoms with Gasteiger partial charge in [0.2, 0.25) is 5.91 Å². The van der Waals surface area contributed by atoms with Crippen LogP contribution in [0.2, 0.25) is 10.0 Å². The van der Waals surface area contributed by atoms with E-state index in [2.05, 4.69) is 29.2 Å². The summed E-state index contributed by atoms with van der Waals surface area (Å²) in [5, 5.41) is 6.42. The lowest BCUT2D eigenvalue weighted by Gasteiger charge is -2.33. The van der Waals surface area contributed by atoms with Crippen molar-refractivity contribution in [3.63, 3.8) is 0 Å². The van der Waals surface area contributed by atoms with Gasteiger partial charge in [0.15, 0.2) is 0 Å². The Morgan fingerprint density at radius 1 is 0.946 bits per heavy atom. The zero-order valence-electron chi connectivity index (χ0n) is 21.1. The van der Waals surface area contributed by atoms with Gasteiger partial charge in [-0.15, -0.1) is 0 Å². The van der Waals surface area contributed by atoms with Gasteiger partial charge in [-0.3, -0.25) is 4.79 Å². The second kappa shape index (κ2) is 12.4. The van der Waals surface area contributed by atoms with Gasteiger partial charge in [-0.25, -0.2) is 9.35 Å². The van der Waals surface area contributed by atoms with Crippen molar-refractivity contribution in [2.24, 2.45) is 5.14 Å². The second-order valence-electron chi connectivity index (χ2n) is 9.43. The van der Waals surface area contributed by atoms with Crippen molar-refractivity contribution in [1.82, 2.24) is 9.80 Å².